The Bertz CT molecular complexity index is 644. The molecule has 0 saturated carbocycles. The number of ether oxygens (including phenoxy) is 2. The quantitative estimate of drug-likeness (QED) is 0.567. The molecule has 2 nitrogen and oxygen atoms in total. The Balaban J connectivity index is 2.56. The van der Waals surface area contributed by atoms with Gasteiger partial charge in [0.2, 0.25) is 0 Å². The van der Waals surface area contributed by atoms with Crippen molar-refractivity contribution in [3.8, 4) is 11.5 Å². The van der Waals surface area contributed by atoms with Gasteiger partial charge in [-0.3, -0.25) is 0 Å². The SMILES string of the molecule is COc1cc(Br)c(C(Br)c2c(F)cccc2Cl)cc1OC. The van der Waals surface area contributed by atoms with Gasteiger partial charge in [-0.25, -0.2) is 4.39 Å². The zero-order chi connectivity index (χ0) is 15.6. The molecule has 1 atom stereocenters. The Labute approximate surface area is 144 Å². The molecule has 0 fully saturated rings. The lowest BCUT2D eigenvalue weighted by Crippen LogP contribution is -2.01. The smallest absolute Gasteiger partial charge is 0.161 e. The summed E-state index contributed by atoms with van der Waals surface area (Å²) in [4.78, 5) is -0.416. The topological polar surface area (TPSA) is 18.5 Å². The molecule has 1 unspecified atom stereocenters. The molecule has 2 rings (SSSR count). The molecule has 0 aliphatic carbocycles. The molecule has 0 aliphatic rings. The summed E-state index contributed by atoms with van der Waals surface area (Å²) in [7, 11) is 3.11. The molecular weight excluding hydrogens is 426 g/mol. The predicted octanol–water partition coefficient (Wildman–Crippen LogP) is 5.74. The maximum Gasteiger partial charge on any atom is 0.161 e. The van der Waals surface area contributed by atoms with E-state index >= 15 is 0 Å². The van der Waals surface area contributed by atoms with Crippen molar-refractivity contribution in [3.05, 3.63) is 56.8 Å². The molecule has 0 amide bonds. The van der Waals surface area contributed by atoms with Crippen LogP contribution in [0.4, 0.5) is 4.39 Å². The fourth-order valence-electron chi connectivity index (χ4n) is 1.97. The Morgan fingerprint density at radius 3 is 2.33 bits per heavy atom. The third-order valence-corrected chi connectivity index (χ3v) is 5.00. The molecule has 0 radical (unpaired) electrons. The Hall–Kier alpha value is -0.780. The number of hydrogen-bond acceptors (Lipinski definition) is 2. The van der Waals surface area contributed by atoms with Crippen LogP contribution in [-0.2, 0) is 0 Å². The van der Waals surface area contributed by atoms with Gasteiger partial charge in [0, 0.05) is 15.1 Å². The number of methoxy groups -OCH3 is 2. The van der Waals surface area contributed by atoms with Crippen LogP contribution in [0.2, 0.25) is 5.02 Å². The third kappa shape index (κ3) is 3.35. The lowest BCUT2D eigenvalue weighted by Gasteiger charge is -2.17. The van der Waals surface area contributed by atoms with E-state index in [9.17, 15) is 4.39 Å². The average molecular weight is 439 g/mol. The van der Waals surface area contributed by atoms with Crippen LogP contribution in [0, 0.1) is 5.82 Å². The van der Waals surface area contributed by atoms with Crippen molar-refractivity contribution in [2.75, 3.05) is 14.2 Å². The first kappa shape index (κ1) is 16.6. The standard InChI is InChI=1S/C15H12Br2ClFO2/c1-20-12-6-8(9(16)7-13(12)21-2)15(17)14-10(18)4-3-5-11(14)19/h3-7,15H,1-2H3. The molecule has 0 bridgehead atoms. The summed E-state index contributed by atoms with van der Waals surface area (Å²) >= 11 is 13.1. The van der Waals surface area contributed by atoms with E-state index in [1.807, 2.05) is 0 Å². The number of benzene rings is 2. The second kappa shape index (κ2) is 6.99. The molecule has 0 heterocycles. The zero-order valence-corrected chi connectivity index (χ0v) is 15.2. The van der Waals surface area contributed by atoms with Gasteiger partial charge in [-0.1, -0.05) is 49.5 Å². The first-order valence-electron chi connectivity index (χ1n) is 5.99. The lowest BCUT2D eigenvalue weighted by molar-refractivity contribution is 0.354. The van der Waals surface area contributed by atoms with Crippen LogP contribution in [0.3, 0.4) is 0 Å². The van der Waals surface area contributed by atoms with Gasteiger partial charge >= 0.3 is 0 Å². The van der Waals surface area contributed by atoms with Crippen LogP contribution < -0.4 is 9.47 Å². The van der Waals surface area contributed by atoms with Gasteiger partial charge < -0.3 is 9.47 Å². The molecule has 0 saturated heterocycles. The lowest BCUT2D eigenvalue weighted by atomic mass is 10.0. The van der Waals surface area contributed by atoms with Crippen LogP contribution in [0.15, 0.2) is 34.8 Å². The van der Waals surface area contributed by atoms with E-state index in [-0.39, 0.29) is 5.82 Å². The van der Waals surface area contributed by atoms with Crippen molar-refractivity contribution < 1.29 is 13.9 Å². The number of rotatable bonds is 4. The molecule has 6 heteroatoms. The second-order valence-corrected chi connectivity index (χ2v) is 6.40. The summed E-state index contributed by atoms with van der Waals surface area (Å²) in [6.07, 6.45) is 0. The maximum absolute atomic E-state index is 14.1. The summed E-state index contributed by atoms with van der Waals surface area (Å²) < 4.78 is 25.3. The van der Waals surface area contributed by atoms with Gasteiger partial charge in [-0.15, -0.1) is 0 Å². The number of halogens is 4. The Morgan fingerprint density at radius 1 is 1.14 bits per heavy atom. The fourth-order valence-corrected chi connectivity index (χ4v) is 4.08. The van der Waals surface area contributed by atoms with E-state index in [1.54, 1.807) is 38.5 Å². The van der Waals surface area contributed by atoms with Crippen LogP contribution in [-0.4, -0.2) is 14.2 Å². The molecule has 0 aliphatic heterocycles. The van der Waals surface area contributed by atoms with Gasteiger partial charge in [0.15, 0.2) is 11.5 Å². The number of alkyl halides is 1. The molecule has 2 aromatic carbocycles. The summed E-state index contributed by atoms with van der Waals surface area (Å²) in [5.41, 5.74) is 1.17. The third-order valence-electron chi connectivity index (χ3n) is 3.03. The van der Waals surface area contributed by atoms with Crippen LogP contribution in [0.5, 0.6) is 11.5 Å². The largest absolute Gasteiger partial charge is 0.493 e. The van der Waals surface area contributed by atoms with Gasteiger partial charge in [0.25, 0.3) is 0 Å². The first-order chi connectivity index (χ1) is 9.99. The van der Waals surface area contributed by atoms with E-state index < -0.39 is 4.83 Å². The molecule has 0 aromatic heterocycles. The minimum Gasteiger partial charge on any atom is -0.493 e. The van der Waals surface area contributed by atoms with Gasteiger partial charge in [0.1, 0.15) is 5.82 Å². The molecule has 21 heavy (non-hydrogen) atoms. The minimum absolute atomic E-state index is 0.360. The van der Waals surface area contributed by atoms with E-state index in [4.69, 9.17) is 21.1 Å². The summed E-state index contributed by atoms with van der Waals surface area (Å²) in [5, 5.41) is 0.360. The van der Waals surface area contributed by atoms with Crippen molar-refractivity contribution in [1.82, 2.24) is 0 Å². The van der Waals surface area contributed by atoms with Crippen LogP contribution in [0.25, 0.3) is 0 Å². The summed E-state index contributed by atoms with van der Waals surface area (Å²) in [5.74, 6) is 0.783. The molecule has 2 aromatic rings. The summed E-state index contributed by atoms with van der Waals surface area (Å²) in [6.45, 7) is 0. The van der Waals surface area contributed by atoms with Crippen molar-refractivity contribution in [1.29, 1.82) is 0 Å². The summed E-state index contributed by atoms with van der Waals surface area (Å²) in [6, 6.07) is 8.17. The maximum atomic E-state index is 14.1. The van der Waals surface area contributed by atoms with Gasteiger partial charge in [-0.2, -0.15) is 0 Å². The molecule has 0 spiro atoms. The van der Waals surface area contributed by atoms with Crippen molar-refractivity contribution in [2.45, 2.75) is 4.83 Å². The van der Waals surface area contributed by atoms with Gasteiger partial charge in [0.05, 0.1) is 19.0 Å². The highest BCUT2D eigenvalue weighted by Crippen LogP contribution is 2.43. The van der Waals surface area contributed by atoms with Crippen molar-refractivity contribution >= 4 is 43.5 Å². The second-order valence-electron chi connectivity index (χ2n) is 4.23. The predicted molar refractivity (Wildman–Crippen MR) is 89.4 cm³/mol. The zero-order valence-electron chi connectivity index (χ0n) is 11.3. The highest BCUT2D eigenvalue weighted by Gasteiger charge is 2.22. The van der Waals surface area contributed by atoms with E-state index in [1.165, 1.54) is 6.07 Å². The van der Waals surface area contributed by atoms with Crippen LogP contribution in [0.1, 0.15) is 16.0 Å². The van der Waals surface area contributed by atoms with Crippen molar-refractivity contribution in [2.24, 2.45) is 0 Å². The molecular formula is C15H12Br2ClFO2. The minimum atomic E-state index is -0.416. The van der Waals surface area contributed by atoms with Crippen LogP contribution >= 0.6 is 43.5 Å². The highest BCUT2D eigenvalue weighted by molar-refractivity contribution is 9.11. The average Bonchev–Trinajstić information content (AvgIpc) is 2.46. The highest BCUT2D eigenvalue weighted by atomic mass is 79.9. The van der Waals surface area contributed by atoms with E-state index in [0.29, 0.717) is 22.1 Å². The monoisotopic (exact) mass is 436 g/mol. The van der Waals surface area contributed by atoms with E-state index in [0.717, 1.165) is 10.0 Å². The molecule has 112 valence electrons. The molecule has 0 N–H and O–H groups in total. The normalized spacial score (nSPS) is 12.1. The van der Waals surface area contributed by atoms with Gasteiger partial charge in [-0.05, 0) is 29.8 Å². The fraction of sp³-hybridized carbons (Fsp3) is 0.200. The van der Waals surface area contributed by atoms with Crippen molar-refractivity contribution in [3.63, 3.8) is 0 Å². The first-order valence-corrected chi connectivity index (χ1v) is 8.07. The number of hydrogen-bond donors (Lipinski definition) is 0. The van der Waals surface area contributed by atoms with E-state index in [2.05, 4.69) is 31.9 Å². The Kier molecular flexibility index (Phi) is 5.52. The Morgan fingerprint density at radius 2 is 1.76 bits per heavy atom.